The van der Waals surface area contributed by atoms with Crippen molar-refractivity contribution in [1.29, 1.82) is 0 Å². The molecule has 6 heteroatoms. The van der Waals surface area contributed by atoms with Crippen LogP contribution in [-0.2, 0) is 9.59 Å². The molecule has 1 saturated heterocycles. The van der Waals surface area contributed by atoms with Gasteiger partial charge in [0, 0.05) is 51.7 Å². The van der Waals surface area contributed by atoms with E-state index in [0.717, 1.165) is 58.4 Å². The Balaban J connectivity index is 1.68. The number of nitrogens with two attached hydrogens (primary N) is 1. The molecule has 2 fully saturated rings. The average molecular weight is 310 g/mol. The molecule has 2 unspecified atom stereocenters. The van der Waals surface area contributed by atoms with Gasteiger partial charge in [0.1, 0.15) is 0 Å². The largest absolute Gasteiger partial charge is 0.355 e. The third-order valence-corrected chi connectivity index (χ3v) is 5.12. The van der Waals surface area contributed by atoms with Gasteiger partial charge >= 0.3 is 0 Å². The molecule has 2 rings (SSSR count). The number of carbonyl (C=O) groups is 2. The van der Waals surface area contributed by atoms with E-state index in [2.05, 4.69) is 10.2 Å². The van der Waals surface area contributed by atoms with Gasteiger partial charge in [-0.25, -0.2) is 0 Å². The number of nitrogens with zero attached hydrogens (tertiary/aromatic N) is 2. The van der Waals surface area contributed by atoms with Crippen molar-refractivity contribution in [2.75, 3.05) is 39.3 Å². The molecule has 0 aromatic rings. The molecule has 0 radical (unpaired) electrons. The zero-order valence-corrected chi connectivity index (χ0v) is 13.9. The maximum absolute atomic E-state index is 12.3. The molecule has 2 aliphatic rings. The lowest BCUT2D eigenvalue weighted by Crippen LogP contribution is -2.54. The first-order valence-corrected chi connectivity index (χ1v) is 8.44. The highest BCUT2D eigenvalue weighted by Crippen LogP contribution is 2.31. The molecule has 3 N–H and O–H groups in total. The summed E-state index contributed by atoms with van der Waals surface area (Å²) in [6, 6.07) is 0. The van der Waals surface area contributed by atoms with E-state index < -0.39 is 0 Å². The minimum absolute atomic E-state index is 0.0594. The van der Waals surface area contributed by atoms with Crippen LogP contribution in [-0.4, -0.2) is 66.4 Å². The zero-order valence-electron chi connectivity index (χ0n) is 13.9. The Morgan fingerprint density at radius 2 is 1.91 bits per heavy atom. The highest BCUT2D eigenvalue weighted by molar-refractivity contribution is 5.80. The van der Waals surface area contributed by atoms with Gasteiger partial charge in [-0.1, -0.05) is 12.8 Å². The number of hydrogen-bond donors (Lipinski definition) is 2. The predicted molar refractivity (Wildman–Crippen MR) is 86.3 cm³/mol. The van der Waals surface area contributed by atoms with Crippen LogP contribution < -0.4 is 11.1 Å². The Morgan fingerprint density at radius 1 is 1.23 bits per heavy atom. The van der Waals surface area contributed by atoms with Crippen molar-refractivity contribution >= 4 is 11.8 Å². The Hall–Kier alpha value is -1.14. The molecule has 1 saturated carbocycles. The third-order valence-electron chi connectivity index (χ3n) is 5.12. The maximum atomic E-state index is 12.3. The van der Waals surface area contributed by atoms with E-state index in [0.29, 0.717) is 6.54 Å². The summed E-state index contributed by atoms with van der Waals surface area (Å²) >= 11 is 0. The third kappa shape index (κ3) is 4.43. The monoisotopic (exact) mass is 310 g/mol. The van der Waals surface area contributed by atoms with Crippen molar-refractivity contribution in [1.82, 2.24) is 15.1 Å². The van der Waals surface area contributed by atoms with E-state index in [1.54, 1.807) is 6.92 Å². The van der Waals surface area contributed by atoms with Crippen molar-refractivity contribution in [2.45, 2.75) is 45.1 Å². The van der Waals surface area contributed by atoms with Crippen molar-refractivity contribution < 1.29 is 9.59 Å². The molecule has 0 spiro atoms. The predicted octanol–water partition coefficient (Wildman–Crippen LogP) is 0.174. The molecule has 1 aliphatic carbocycles. The van der Waals surface area contributed by atoms with Gasteiger partial charge in [0.05, 0.1) is 5.92 Å². The van der Waals surface area contributed by atoms with Crippen LogP contribution in [0.1, 0.15) is 39.5 Å². The fraction of sp³-hybridized carbons (Fsp3) is 0.875. The molecule has 126 valence electrons. The standard InChI is InChI=1S/C16H30N4O2/c1-13(21)20-11-9-19(10-12-20)8-7-18-15(22)14-5-3-4-6-16(14,2)17/h14H,3-12,17H2,1-2H3,(H,18,22). The van der Waals surface area contributed by atoms with Crippen molar-refractivity contribution in [3.05, 3.63) is 0 Å². The first-order valence-electron chi connectivity index (χ1n) is 8.44. The summed E-state index contributed by atoms with van der Waals surface area (Å²) in [5, 5.41) is 3.05. The fourth-order valence-corrected chi connectivity index (χ4v) is 3.54. The second kappa shape index (κ2) is 7.42. The number of hydrogen-bond acceptors (Lipinski definition) is 4. The molecule has 1 heterocycles. The number of nitrogens with one attached hydrogen (secondary N) is 1. The second-order valence-electron chi connectivity index (χ2n) is 6.94. The van der Waals surface area contributed by atoms with Crippen LogP contribution >= 0.6 is 0 Å². The Kier molecular flexibility index (Phi) is 5.81. The van der Waals surface area contributed by atoms with E-state index in [9.17, 15) is 9.59 Å². The van der Waals surface area contributed by atoms with E-state index in [1.165, 1.54) is 0 Å². The first kappa shape index (κ1) is 17.2. The lowest BCUT2D eigenvalue weighted by atomic mass is 9.74. The van der Waals surface area contributed by atoms with Crippen LogP contribution in [0.3, 0.4) is 0 Å². The molecule has 2 amide bonds. The molecule has 0 bridgehead atoms. The topological polar surface area (TPSA) is 78.7 Å². The van der Waals surface area contributed by atoms with E-state index in [1.807, 2.05) is 11.8 Å². The molecule has 1 aliphatic heterocycles. The van der Waals surface area contributed by atoms with Gasteiger partial charge in [-0.15, -0.1) is 0 Å². The van der Waals surface area contributed by atoms with E-state index in [-0.39, 0.29) is 23.3 Å². The lowest BCUT2D eigenvalue weighted by Gasteiger charge is -2.37. The van der Waals surface area contributed by atoms with Gasteiger partial charge in [-0.05, 0) is 19.8 Å². The Bertz CT molecular complexity index is 403. The smallest absolute Gasteiger partial charge is 0.225 e. The summed E-state index contributed by atoms with van der Waals surface area (Å²) in [6.45, 7) is 8.44. The van der Waals surface area contributed by atoms with Gasteiger partial charge in [0.15, 0.2) is 0 Å². The van der Waals surface area contributed by atoms with Gasteiger partial charge in [0.2, 0.25) is 11.8 Å². The lowest BCUT2D eigenvalue weighted by molar-refractivity contribution is -0.130. The van der Waals surface area contributed by atoms with Crippen molar-refractivity contribution in [3.8, 4) is 0 Å². The second-order valence-corrected chi connectivity index (χ2v) is 6.94. The van der Waals surface area contributed by atoms with Crippen LogP contribution in [0.2, 0.25) is 0 Å². The summed E-state index contributed by atoms with van der Waals surface area (Å²) in [5.41, 5.74) is 5.91. The minimum Gasteiger partial charge on any atom is -0.355 e. The van der Waals surface area contributed by atoms with Gasteiger partial charge in [0.25, 0.3) is 0 Å². The summed E-state index contributed by atoms with van der Waals surface area (Å²) < 4.78 is 0. The molecule has 6 nitrogen and oxygen atoms in total. The van der Waals surface area contributed by atoms with Crippen LogP contribution in [0.25, 0.3) is 0 Å². The van der Waals surface area contributed by atoms with Gasteiger partial charge in [-0.2, -0.15) is 0 Å². The van der Waals surface area contributed by atoms with E-state index >= 15 is 0 Å². The highest BCUT2D eigenvalue weighted by atomic mass is 16.2. The van der Waals surface area contributed by atoms with Gasteiger partial charge in [-0.3, -0.25) is 14.5 Å². The molecule has 2 atom stereocenters. The normalized spacial score (nSPS) is 30.1. The zero-order chi connectivity index (χ0) is 16.2. The van der Waals surface area contributed by atoms with Crippen molar-refractivity contribution in [3.63, 3.8) is 0 Å². The highest BCUT2D eigenvalue weighted by Gasteiger charge is 2.37. The van der Waals surface area contributed by atoms with E-state index in [4.69, 9.17) is 5.73 Å². The number of piperazine rings is 1. The first-order chi connectivity index (χ1) is 10.4. The van der Waals surface area contributed by atoms with Crippen LogP contribution in [0, 0.1) is 5.92 Å². The quantitative estimate of drug-likeness (QED) is 0.776. The summed E-state index contributed by atoms with van der Waals surface area (Å²) in [5.74, 6) is 0.190. The SMILES string of the molecule is CC(=O)N1CCN(CCNC(=O)C2CCCCC2(C)N)CC1. The Labute approximate surface area is 133 Å². The van der Waals surface area contributed by atoms with Crippen LogP contribution in [0.5, 0.6) is 0 Å². The fourth-order valence-electron chi connectivity index (χ4n) is 3.54. The Morgan fingerprint density at radius 3 is 2.50 bits per heavy atom. The summed E-state index contributed by atoms with van der Waals surface area (Å²) in [6.07, 6.45) is 4.04. The number of carbonyl (C=O) groups excluding carboxylic acids is 2. The minimum atomic E-state index is -0.366. The number of rotatable bonds is 4. The number of amides is 2. The van der Waals surface area contributed by atoms with Gasteiger partial charge < -0.3 is 16.0 Å². The molecular weight excluding hydrogens is 280 g/mol. The van der Waals surface area contributed by atoms with Crippen LogP contribution in [0.4, 0.5) is 0 Å². The maximum Gasteiger partial charge on any atom is 0.225 e. The molecule has 0 aromatic carbocycles. The summed E-state index contributed by atoms with van der Waals surface area (Å²) in [7, 11) is 0. The molecule has 0 aromatic heterocycles. The molecule has 22 heavy (non-hydrogen) atoms. The van der Waals surface area contributed by atoms with Crippen LogP contribution in [0.15, 0.2) is 0 Å². The summed E-state index contributed by atoms with van der Waals surface area (Å²) in [4.78, 5) is 27.8. The molecular formula is C16H30N4O2. The average Bonchev–Trinajstić information content (AvgIpc) is 2.47. The van der Waals surface area contributed by atoms with Crippen molar-refractivity contribution in [2.24, 2.45) is 11.7 Å².